The number of carbonyl (C=O) groups is 2. The molecule has 22 heavy (non-hydrogen) atoms. The smallest absolute Gasteiger partial charge is 0.333 e. The topological polar surface area (TPSA) is 104 Å². The Hall–Kier alpha value is -1.89. The van der Waals surface area contributed by atoms with Crippen LogP contribution >= 0.6 is 0 Å². The van der Waals surface area contributed by atoms with E-state index in [1.165, 1.54) is 12.5 Å². The summed E-state index contributed by atoms with van der Waals surface area (Å²) in [5.41, 5.74) is 0. The number of carbonyl (C=O) groups excluding carboxylic acids is 1. The summed E-state index contributed by atoms with van der Waals surface area (Å²) in [6.45, 7) is 2.49. The number of nitrogens with zero attached hydrogens (tertiary/aromatic N) is 2. The van der Waals surface area contributed by atoms with Gasteiger partial charge in [-0.05, 0) is 19.3 Å². The van der Waals surface area contributed by atoms with Crippen molar-refractivity contribution in [2.75, 3.05) is 6.54 Å². The first-order valence-electron chi connectivity index (χ1n) is 7.67. The summed E-state index contributed by atoms with van der Waals surface area (Å²) < 4.78 is 5.28. The molecule has 1 fully saturated rings. The van der Waals surface area contributed by atoms with Crippen LogP contribution in [0.4, 0.5) is 0 Å². The van der Waals surface area contributed by atoms with E-state index >= 15 is 0 Å². The highest BCUT2D eigenvalue weighted by molar-refractivity contribution is 5.86. The molecule has 3 atom stereocenters. The number of aliphatic hydroxyl groups excluding tert-OH is 1. The zero-order chi connectivity index (χ0) is 16.1. The largest absolute Gasteiger partial charge is 0.479 e. The summed E-state index contributed by atoms with van der Waals surface area (Å²) in [4.78, 5) is 29.5. The second kappa shape index (κ2) is 7.40. The Morgan fingerprint density at radius 2 is 2.32 bits per heavy atom. The molecule has 0 aromatic carbocycles. The van der Waals surface area contributed by atoms with Crippen molar-refractivity contribution >= 4 is 11.9 Å². The van der Waals surface area contributed by atoms with Crippen LogP contribution in [0.15, 0.2) is 16.9 Å². The van der Waals surface area contributed by atoms with E-state index in [1.54, 1.807) is 4.90 Å². The lowest BCUT2D eigenvalue weighted by Gasteiger charge is -2.28. The van der Waals surface area contributed by atoms with Crippen LogP contribution in [0.3, 0.4) is 0 Å². The van der Waals surface area contributed by atoms with E-state index in [0.29, 0.717) is 25.3 Å². The third-order valence-electron chi connectivity index (χ3n) is 4.09. The lowest BCUT2D eigenvalue weighted by Crippen LogP contribution is -2.43. The number of likely N-dealkylation sites (tertiary alicyclic amines) is 1. The average molecular weight is 310 g/mol. The number of amides is 1. The van der Waals surface area contributed by atoms with Crippen molar-refractivity contribution in [1.82, 2.24) is 9.88 Å². The number of carboxylic acids is 1. The van der Waals surface area contributed by atoms with Crippen LogP contribution in [0.1, 0.15) is 51.0 Å². The molecule has 2 N–H and O–H groups in total. The number of aliphatic hydroxyl groups is 1. The van der Waals surface area contributed by atoms with Gasteiger partial charge in [0.2, 0.25) is 11.8 Å². The van der Waals surface area contributed by atoms with Gasteiger partial charge in [0, 0.05) is 6.54 Å². The van der Waals surface area contributed by atoms with E-state index in [-0.39, 0.29) is 11.9 Å². The first-order chi connectivity index (χ1) is 10.6. The van der Waals surface area contributed by atoms with E-state index in [2.05, 4.69) is 4.98 Å². The highest BCUT2D eigenvalue weighted by Gasteiger charge is 2.40. The fourth-order valence-corrected chi connectivity index (χ4v) is 2.91. The molecule has 1 amide bonds. The Bertz CT molecular complexity index is 502. The first kappa shape index (κ1) is 16.5. The highest BCUT2D eigenvalue weighted by atomic mass is 16.4. The number of oxazole rings is 1. The fraction of sp³-hybridized carbons (Fsp3) is 0.667. The van der Waals surface area contributed by atoms with Crippen LogP contribution in [-0.2, 0) is 9.59 Å². The van der Waals surface area contributed by atoms with Crippen LogP contribution in [0, 0.1) is 5.92 Å². The number of aromatic nitrogens is 1. The van der Waals surface area contributed by atoms with Crippen LogP contribution in [-0.4, -0.2) is 44.6 Å². The normalized spacial score (nSPS) is 20.8. The summed E-state index contributed by atoms with van der Waals surface area (Å²) in [5, 5.41) is 18.9. The number of carboxylic acid groups (broad SMARTS) is 1. The molecule has 0 saturated carbocycles. The quantitative estimate of drug-likeness (QED) is 0.792. The molecule has 7 nitrogen and oxygen atoms in total. The van der Waals surface area contributed by atoms with Crippen molar-refractivity contribution in [3.8, 4) is 0 Å². The third-order valence-corrected chi connectivity index (χ3v) is 4.09. The van der Waals surface area contributed by atoms with Gasteiger partial charge in [-0.15, -0.1) is 0 Å². The maximum Gasteiger partial charge on any atom is 0.333 e. The molecule has 0 radical (unpaired) electrons. The monoisotopic (exact) mass is 310 g/mol. The van der Waals surface area contributed by atoms with Gasteiger partial charge in [-0.25, -0.2) is 9.78 Å². The number of aliphatic carboxylic acids is 1. The Kier molecular flexibility index (Phi) is 5.54. The molecular formula is C15H22N2O5. The SMILES string of the molecule is CCCC[C@@H](C(=O)N1CCC[C@H]1c1ncco1)[C@H](O)C(=O)O. The number of rotatable bonds is 7. The molecule has 2 heterocycles. The van der Waals surface area contributed by atoms with E-state index in [0.717, 1.165) is 19.3 Å². The molecule has 0 bridgehead atoms. The molecule has 0 unspecified atom stereocenters. The Morgan fingerprint density at radius 3 is 2.91 bits per heavy atom. The molecule has 1 aliphatic rings. The van der Waals surface area contributed by atoms with E-state index < -0.39 is 18.0 Å². The zero-order valence-electron chi connectivity index (χ0n) is 12.6. The first-order valence-corrected chi connectivity index (χ1v) is 7.67. The van der Waals surface area contributed by atoms with Crippen LogP contribution in [0.5, 0.6) is 0 Å². The molecule has 1 aromatic heterocycles. The van der Waals surface area contributed by atoms with Gasteiger partial charge in [0.05, 0.1) is 12.1 Å². The summed E-state index contributed by atoms with van der Waals surface area (Å²) in [5.74, 6) is -2.15. The Labute approximate surface area is 128 Å². The van der Waals surface area contributed by atoms with E-state index in [1.807, 2.05) is 6.92 Å². The van der Waals surface area contributed by atoms with Gasteiger partial charge in [0.1, 0.15) is 12.3 Å². The van der Waals surface area contributed by atoms with Gasteiger partial charge in [0.15, 0.2) is 6.10 Å². The van der Waals surface area contributed by atoms with Crippen LogP contribution in [0.25, 0.3) is 0 Å². The summed E-state index contributed by atoms with van der Waals surface area (Å²) in [6.07, 6.45) is 4.73. The van der Waals surface area contributed by atoms with Crippen LogP contribution in [0.2, 0.25) is 0 Å². The summed E-state index contributed by atoms with van der Waals surface area (Å²) in [6, 6.07) is -0.271. The molecular weight excluding hydrogens is 288 g/mol. The molecule has 7 heteroatoms. The second-order valence-corrected chi connectivity index (χ2v) is 5.59. The van der Waals surface area contributed by atoms with Gasteiger partial charge < -0.3 is 19.5 Å². The third kappa shape index (κ3) is 3.47. The van der Waals surface area contributed by atoms with Crippen molar-refractivity contribution in [1.29, 1.82) is 0 Å². The van der Waals surface area contributed by atoms with E-state index in [4.69, 9.17) is 9.52 Å². The van der Waals surface area contributed by atoms with Crippen molar-refractivity contribution < 1.29 is 24.2 Å². The Morgan fingerprint density at radius 1 is 1.55 bits per heavy atom. The van der Waals surface area contributed by atoms with Gasteiger partial charge in [-0.1, -0.05) is 19.8 Å². The van der Waals surface area contributed by atoms with Crippen molar-refractivity contribution in [3.63, 3.8) is 0 Å². The molecule has 122 valence electrons. The second-order valence-electron chi connectivity index (χ2n) is 5.59. The predicted molar refractivity (Wildman–Crippen MR) is 76.8 cm³/mol. The van der Waals surface area contributed by atoms with Crippen molar-refractivity contribution in [3.05, 3.63) is 18.4 Å². The minimum Gasteiger partial charge on any atom is -0.479 e. The number of hydrogen-bond acceptors (Lipinski definition) is 5. The molecule has 0 spiro atoms. The lowest BCUT2D eigenvalue weighted by atomic mass is 9.94. The molecule has 2 rings (SSSR count). The molecule has 1 aliphatic heterocycles. The van der Waals surface area contributed by atoms with Gasteiger partial charge in [-0.3, -0.25) is 4.79 Å². The fourth-order valence-electron chi connectivity index (χ4n) is 2.91. The van der Waals surface area contributed by atoms with Gasteiger partial charge >= 0.3 is 5.97 Å². The van der Waals surface area contributed by atoms with Crippen molar-refractivity contribution in [2.24, 2.45) is 5.92 Å². The van der Waals surface area contributed by atoms with Gasteiger partial charge in [0.25, 0.3) is 0 Å². The number of unbranched alkanes of at least 4 members (excludes halogenated alkanes) is 1. The summed E-state index contributed by atoms with van der Waals surface area (Å²) in [7, 11) is 0. The van der Waals surface area contributed by atoms with Gasteiger partial charge in [-0.2, -0.15) is 0 Å². The molecule has 1 aromatic rings. The highest BCUT2D eigenvalue weighted by Crippen LogP contribution is 2.33. The standard InChI is InChI=1S/C15H22N2O5/c1-2-3-5-10(12(18)15(20)21)14(19)17-8-4-6-11(17)13-16-7-9-22-13/h7,9-12,18H,2-6,8H2,1H3,(H,20,21)/t10-,11+,12+/m1/s1. The average Bonchev–Trinajstić information content (AvgIpc) is 3.17. The Balaban J connectivity index is 2.16. The number of hydrogen-bond donors (Lipinski definition) is 2. The lowest BCUT2D eigenvalue weighted by molar-refractivity contribution is -0.157. The zero-order valence-corrected chi connectivity index (χ0v) is 12.6. The minimum atomic E-state index is -1.68. The van der Waals surface area contributed by atoms with Crippen molar-refractivity contribution in [2.45, 2.75) is 51.2 Å². The molecule has 0 aliphatic carbocycles. The summed E-state index contributed by atoms with van der Waals surface area (Å²) >= 11 is 0. The predicted octanol–water partition coefficient (Wildman–Crippen LogP) is 1.59. The minimum absolute atomic E-state index is 0.271. The maximum absolute atomic E-state index is 12.7. The van der Waals surface area contributed by atoms with E-state index in [9.17, 15) is 14.7 Å². The maximum atomic E-state index is 12.7. The molecule has 1 saturated heterocycles. The van der Waals surface area contributed by atoms with Crippen LogP contribution < -0.4 is 0 Å².